The first-order valence-electron chi connectivity index (χ1n) is 9.47. The Hall–Kier alpha value is -3.48. The Morgan fingerprint density at radius 1 is 1.00 bits per heavy atom. The van der Waals surface area contributed by atoms with Crippen molar-refractivity contribution in [3.8, 4) is 0 Å². The van der Waals surface area contributed by atoms with Gasteiger partial charge in [0.25, 0.3) is 17.7 Å². The molecule has 1 N–H and O–H groups in total. The van der Waals surface area contributed by atoms with Crippen molar-refractivity contribution >= 4 is 23.7 Å². The minimum atomic E-state index is -0.986. The number of carbonyl (C=O) groups excluding carboxylic acids is 3. The highest BCUT2D eigenvalue weighted by Gasteiger charge is 2.35. The van der Waals surface area contributed by atoms with E-state index in [0.717, 1.165) is 5.56 Å². The number of aliphatic carboxylic acids is 1. The van der Waals surface area contributed by atoms with Crippen LogP contribution in [0, 0.1) is 0 Å². The zero-order valence-electron chi connectivity index (χ0n) is 16.1. The number of benzene rings is 2. The Labute approximate surface area is 168 Å². The number of hydrogen-bond donors (Lipinski definition) is 1. The van der Waals surface area contributed by atoms with Crippen molar-refractivity contribution in [2.24, 2.45) is 0 Å². The van der Waals surface area contributed by atoms with E-state index in [9.17, 15) is 19.2 Å². The summed E-state index contributed by atoms with van der Waals surface area (Å²) in [7, 11) is 0. The van der Waals surface area contributed by atoms with Crippen molar-refractivity contribution in [1.82, 2.24) is 9.80 Å². The van der Waals surface area contributed by atoms with Crippen LogP contribution >= 0.6 is 0 Å². The molecule has 7 heteroatoms. The predicted octanol–water partition coefficient (Wildman–Crippen LogP) is 2.46. The van der Waals surface area contributed by atoms with Crippen LogP contribution in [-0.2, 0) is 11.2 Å². The molecule has 0 aliphatic carbocycles. The number of amides is 3. The second-order valence-electron chi connectivity index (χ2n) is 6.79. The van der Waals surface area contributed by atoms with Gasteiger partial charge < -0.3 is 10.0 Å². The van der Waals surface area contributed by atoms with Gasteiger partial charge in [-0.3, -0.25) is 24.1 Å². The van der Waals surface area contributed by atoms with Crippen LogP contribution in [-0.4, -0.2) is 58.2 Å². The standard InChI is InChI=1S/C22H22N2O5/c1-2-23(12-11-19(25)26)20(27)16-8-9-17-18(14-16)22(29)24(21(17)28)13-10-15-6-4-3-5-7-15/h3-9,14H,2,10-13H2,1H3,(H,25,26). The minimum absolute atomic E-state index is 0.0812. The van der Waals surface area contributed by atoms with E-state index in [1.165, 1.54) is 28.0 Å². The molecule has 0 aromatic heterocycles. The van der Waals surface area contributed by atoms with Crippen molar-refractivity contribution in [3.05, 3.63) is 70.8 Å². The third-order valence-electron chi connectivity index (χ3n) is 4.95. The fourth-order valence-corrected chi connectivity index (χ4v) is 3.33. The van der Waals surface area contributed by atoms with Gasteiger partial charge >= 0.3 is 5.97 Å². The molecule has 0 unspecified atom stereocenters. The summed E-state index contributed by atoms with van der Waals surface area (Å²) < 4.78 is 0. The molecule has 0 saturated heterocycles. The molecule has 2 aromatic rings. The quantitative estimate of drug-likeness (QED) is 0.694. The molecule has 0 atom stereocenters. The Kier molecular flexibility index (Phi) is 6.07. The molecule has 0 saturated carbocycles. The Morgan fingerprint density at radius 3 is 2.34 bits per heavy atom. The molecule has 29 heavy (non-hydrogen) atoms. The van der Waals surface area contributed by atoms with E-state index in [1.54, 1.807) is 6.92 Å². The number of rotatable bonds is 8. The number of nitrogens with zero attached hydrogens (tertiary/aromatic N) is 2. The second-order valence-corrected chi connectivity index (χ2v) is 6.79. The summed E-state index contributed by atoms with van der Waals surface area (Å²) in [4.78, 5) is 51.5. The van der Waals surface area contributed by atoms with Crippen LogP contribution < -0.4 is 0 Å². The zero-order valence-corrected chi connectivity index (χ0v) is 16.1. The summed E-state index contributed by atoms with van der Waals surface area (Å²) in [6.07, 6.45) is 0.395. The maximum absolute atomic E-state index is 12.8. The van der Waals surface area contributed by atoms with E-state index in [2.05, 4.69) is 0 Å². The number of imide groups is 1. The van der Waals surface area contributed by atoms with Crippen LogP contribution in [0.3, 0.4) is 0 Å². The predicted molar refractivity (Wildman–Crippen MR) is 106 cm³/mol. The molecule has 150 valence electrons. The summed E-state index contributed by atoms with van der Waals surface area (Å²) >= 11 is 0. The number of carboxylic acids is 1. The molecule has 0 bridgehead atoms. The zero-order chi connectivity index (χ0) is 21.0. The third-order valence-corrected chi connectivity index (χ3v) is 4.95. The number of hydrogen-bond acceptors (Lipinski definition) is 4. The second kappa shape index (κ2) is 8.68. The van der Waals surface area contributed by atoms with Gasteiger partial charge in [-0.05, 0) is 37.1 Å². The average molecular weight is 394 g/mol. The molecular formula is C22H22N2O5. The van der Waals surface area contributed by atoms with Crippen LogP contribution in [0.5, 0.6) is 0 Å². The molecule has 7 nitrogen and oxygen atoms in total. The monoisotopic (exact) mass is 394 g/mol. The van der Waals surface area contributed by atoms with E-state index < -0.39 is 11.9 Å². The summed E-state index contributed by atoms with van der Waals surface area (Å²) in [5.41, 5.74) is 1.79. The van der Waals surface area contributed by atoms with Crippen LogP contribution in [0.15, 0.2) is 48.5 Å². The lowest BCUT2D eigenvalue weighted by Crippen LogP contribution is -2.33. The number of carbonyl (C=O) groups is 4. The van der Waals surface area contributed by atoms with Gasteiger partial charge in [0.05, 0.1) is 17.5 Å². The van der Waals surface area contributed by atoms with E-state index >= 15 is 0 Å². The van der Waals surface area contributed by atoms with E-state index in [0.29, 0.717) is 13.0 Å². The molecule has 3 amide bonds. The van der Waals surface area contributed by atoms with Crippen molar-refractivity contribution in [3.63, 3.8) is 0 Å². The topological polar surface area (TPSA) is 95.0 Å². The molecular weight excluding hydrogens is 372 g/mol. The molecule has 1 aliphatic rings. The first-order valence-corrected chi connectivity index (χ1v) is 9.47. The van der Waals surface area contributed by atoms with E-state index in [-0.39, 0.29) is 48.0 Å². The molecule has 0 radical (unpaired) electrons. The Balaban J connectivity index is 1.76. The first kappa shape index (κ1) is 20.3. The van der Waals surface area contributed by atoms with E-state index in [4.69, 9.17) is 5.11 Å². The third kappa shape index (κ3) is 4.34. The number of carboxylic acid groups (broad SMARTS) is 1. The maximum Gasteiger partial charge on any atom is 0.305 e. The fourth-order valence-electron chi connectivity index (χ4n) is 3.33. The highest BCUT2D eigenvalue weighted by molar-refractivity contribution is 6.22. The summed E-state index contributed by atoms with van der Waals surface area (Å²) in [5.74, 6) is -2.12. The highest BCUT2D eigenvalue weighted by atomic mass is 16.4. The lowest BCUT2D eigenvalue weighted by atomic mass is 10.0. The maximum atomic E-state index is 12.8. The normalized spacial score (nSPS) is 12.8. The average Bonchev–Trinajstić information content (AvgIpc) is 2.97. The van der Waals surface area contributed by atoms with Gasteiger partial charge in [-0.1, -0.05) is 30.3 Å². The molecule has 0 spiro atoms. The van der Waals surface area contributed by atoms with Crippen LogP contribution in [0.1, 0.15) is 50.0 Å². The lowest BCUT2D eigenvalue weighted by molar-refractivity contribution is -0.137. The molecule has 0 fully saturated rings. The smallest absolute Gasteiger partial charge is 0.305 e. The molecule has 3 rings (SSSR count). The highest BCUT2D eigenvalue weighted by Crippen LogP contribution is 2.25. The SMILES string of the molecule is CCN(CCC(=O)O)C(=O)c1ccc2c(c1)C(=O)N(CCc1ccccc1)C2=O. The first-order chi connectivity index (χ1) is 13.9. The number of fused-ring (bicyclic) bond motifs is 1. The molecule has 2 aromatic carbocycles. The van der Waals surface area contributed by atoms with Gasteiger partial charge in [-0.2, -0.15) is 0 Å². The van der Waals surface area contributed by atoms with Crippen molar-refractivity contribution in [2.45, 2.75) is 19.8 Å². The lowest BCUT2D eigenvalue weighted by Gasteiger charge is -2.20. The van der Waals surface area contributed by atoms with Crippen LogP contribution in [0.4, 0.5) is 0 Å². The Morgan fingerprint density at radius 2 is 1.69 bits per heavy atom. The van der Waals surface area contributed by atoms with Gasteiger partial charge in [0.2, 0.25) is 0 Å². The fraction of sp³-hybridized carbons (Fsp3) is 0.273. The van der Waals surface area contributed by atoms with Gasteiger partial charge in [-0.15, -0.1) is 0 Å². The van der Waals surface area contributed by atoms with Gasteiger partial charge in [0, 0.05) is 25.2 Å². The van der Waals surface area contributed by atoms with Gasteiger partial charge in [-0.25, -0.2) is 0 Å². The van der Waals surface area contributed by atoms with Crippen LogP contribution in [0.25, 0.3) is 0 Å². The van der Waals surface area contributed by atoms with Crippen molar-refractivity contribution in [2.75, 3.05) is 19.6 Å². The minimum Gasteiger partial charge on any atom is -0.481 e. The van der Waals surface area contributed by atoms with Crippen molar-refractivity contribution in [1.29, 1.82) is 0 Å². The largest absolute Gasteiger partial charge is 0.481 e. The Bertz CT molecular complexity index is 955. The summed E-state index contributed by atoms with van der Waals surface area (Å²) in [6.45, 7) is 2.45. The van der Waals surface area contributed by atoms with Crippen LogP contribution in [0.2, 0.25) is 0 Å². The van der Waals surface area contributed by atoms with Gasteiger partial charge in [0.1, 0.15) is 0 Å². The summed E-state index contributed by atoms with van der Waals surface area (Å²) in [6, 6.07) is 14.0. The van der Waals surface area contributed by atoms with Crippen molar-refractivity contribution < 1.29 is 24.3 Å². The molecule has 1 heterocycles. The molecule has 1 aliphatic heterocycles. The summed E-state index contributed by atoms with van der Waals surface area (Å²) in [5, 5.41) is 8.84. The van der Waals surface area contributed by atoms with E-state index in [1.807, 2.05) is 30.3 Å². The van der Waals surface area contributed by atoms with Gasteiger partial charge in [0.15, 0.2) is 0 Å².